The average Bonchev–Trinajstić information content (AvgIpc) is 2.88. The number of esters is 1. The van der Waals surface area contributed by atoms with Crippen LogP contribution < -0.4 is 0 Å². The molecule has 0 atom stereocenters. The fraction of sp³-hybridized carbons (Fsp3) is 0.208. The SMILES string of the molecule is COC(=O)c1c(C)cccc1-c1ccc2c(c1)C(C)(C)c1ccccc1-2. The van der Waals surface area contributed by atoms with Gasteiger partial charge in [0.05, 0.1) is 12.7 Å². The molecule has 3 aromatic rings. The summed E-state index contributed by atoms with van der Waals surface area (Å²) < 4.78 is 5.02. The standard InChI is InChI=1S/C24H22O2/c1-15-8-7-10-17(22(15)23(25)26-4)16-12-13-19-18-9-5-6-11-20(18)24(2,3)21(19)14-16/h5-14H,1-4H3. The molecule has 1 aliphatic rings. The lowest BCUT2D eigenvalue weighted by atomic mass is 9.81. The van der Waals surface area contributed by atoms with Crippen molar-refractivity contribution >= 4 is 5.97 Å². The van der Waals surface area contributed by atoms with Gasteiger partial charge in [0.1, 0.15) is 0 Å². The first-order valence-electron chi connectivity index (χ1n) is 8.88. The van der Waals surface area contributed by atoms with Gasteiger partial charge in [0, 0.05) is 5.41 Å². The van der Waals surface area contributed by atoms with E-state index >= 15 is 0 Å². The van der Waals surface area contributed by atoms with Gasteiger partial charge < -0.3 is 4.74 Å². The van der Waals surface area contributed by atoms with Crippen LogP contribution in [0.4, 0.5) is 0 Å². The summed E-state index contributed by atoms with van der Waals surface area (Å²) in [4.78, 5) is 12.3. The van der Waals surface area contributed by atoms with Gasteiger partial charge in [0.2, 0.25) is 0 Å². The molecule has 0 unspecified atom stereocenters. The van der Waals surface area contributed by atoms with Crippen LogP contribution in [0, 0.1) is 6.92 Å². The molecule has 4 rings (SSSR count). The molecule has 1 aliphatic carbocycles. The maximum atomic E-state index is 12.3. The van der Waals surface area contributed by atoms with Crippen molar-refractivity contribution in [1.82, 2.24) is 0 Å². The minimum Gasteiger partial charge on any atom is -0.465 e. The zero-order valence-electron chi connectivity index (χ0n) is 15.6. The van der Waals surface area contributed by atoms with Gasteiger partial charge in [0.15, 0.2) is 0 Å². The number of aryl methyl sites for hydroxylation is 1. The Balaban J connectivity index is 1.93. The van der Waals surface area contributed by atoms with Crippen molar-refractivity contribution in [2.45, 2.75) is 26.2 Å². The van der Waals surface area contributed by atoms with Crippen molar-refractivity contribution in [3.05, 3.63) is 82.9 Å². The second-order valence-corrected chi connectivity index (χ2v) is 7.42. The monoisotopic (exact) mass is 342 g/mol. The number of ether oxygens (including phenoxy) is 1. The van der Waals surface area contributed by atoms with E-state index in [1.54, 1.807) is 0 Å². The Hall–Kier alpha value is -2.87. The van der Waals surface area contributed by atoms with Crippen LogP contribution in [0.3, 0.4) is 0 Å². The summed E-state index contributed by atoms with van der Waals surface area (Å²) in [6, 6.07) is 21.0. The van der Waals surface area contributed by atoms with Gasteiger partial charge in [-0.3, -0.25) is 0 Å². The van der Waals surface area contributed by atoms with Crippen LogP contribution in [0.1, 0.15) is 40.9 Å². The Labute approximate surface area is 154 Å². The van der Waals surface area contributed by atoms with Crippen LogP contribution in [0.25, 0.3) is 22.3 Å². The number of hydrogen-bond acceptors (Lipinski definition) is 2. The number of benzene rings is 3. The lowest BCUT2D eigenvalue weighted by Gasteiger charge is -2.22. The summed E-state index contributed by atoms with van der Waals surface area (Å²) >= 11 is 0. The summed E-state index contributed by atoms with van der Waals surface area (Å²) in [6.07, 6.45) is 0. The molecule has 0 aliphatic heterocycles. The van der Waals surface area contributed by atoms with Crippen molar-refractivity contribution in [3.63, 3.8) is 0 Å². The highest BCUT2D eigenvalue weighted by molar-refractivity contribution is 5.99. The highest BCUT2D eigenvalue weighted by Gasteiger charge is 2.35. The first-order valence-corrected chi connectivity index (χ1v) is 8.88. The molecule has 0 fully saturated rings. The van der Waals surface area contributed by atoms with Crippen LogP contribution >= 0.6 is 0 Å². The zero-order chi connectivity index (χ0) is 18.5. The molecule has 130 valence electrons. The molecule has 0 aromatic heterocycles. The van der Waals surface area contributed by atoms with Crippen molar-refractivity contribution in [1.29, 1.82) is 0 Å². The van der Waals surface area contributed by atoms with Gasteiger partial charge in [-0.2, -0.15) is 0 Å². The Kier molecular flexibility index (Phi) is 3.73. The second-order valence-electron chi connectivity index (χ2n) is 7.42. The Morgan fingerprint density at radius 3 is 2.31 bits per heavy atom. The molecule has 0 amide bonds. The Morgan fingerprint density at radius 2 is 1.54 bits per heavy atom. The highest BCUT2D eigenvalue weighted by atomic mass is 16.5. The molecular formula is C24H22O2. The molecule has 0 spiro atoms. The van der Waals surface area contributed by atoms with E-state index in [0.717, 1.165) is 16.7 Å². The molecule has 3 aromatic carbocycles. The number of carbonyl (C=O) groups is 1. The predicted molar refractivity (Wildman–Crippen MR) is 106 cm³/mol. The largest absolute Gasteiger partial charge is 0.465 e. The summed E-state index contributed by atoms with van der Waals surface area (Å²) in [7, 11) is 1.43. The number of fused-ring (bicyclic) bond motifs is 3. The lowest BCUT2D eigenvalue weighted by Crippen LogP contribution is -2.15. The van der Waals surface area contributed by atoms with Crippen LogP contribution in [-0.2, 0) is 10.2 Å². The molecule has 0 radical (unpaired) electrons. The van der Waals surface area contributed by atoms with Gasteiger partial charge in [0.25, 0.3) is 0 Å². The van der Waals surface area contributed by atoms with Crippen LogP contribution in [0.2, 0.25) is 0 Å². The van der Waals surface area contributed by atoms with E-state index in [0.29, 0.717) is 5.56 Å². The highest BCUT2D eigenvalue weighted by Crippen LogP contribution is 2.49. The molecule has 2 heteroatoms. The number of carbonyl (C=O) groups excluding carboxylic acids is 1. The number of hydrogen-bond donors (Lipinski definition) is 0. The summed E-state index contributed by atoms with van der Waals surface area (Å²) in [5, 5.41) is 0. The van der Waals surface area contributed by atoms with E-state index < -0.39 is 0 Å². The smallest absolute Gasteiger partial charge is 0.338 e. The van der Waals surface area contributed by atoms with Gasteiger partial charge in [-0.1, -0.05) is 68.4 Å². The molecule has 0 heterocycles. The van der Waals surface area contributed by atoms with Gasteiger partial charge >= 0.3 is 5.97 Å². The Bertz CT molecular complexity index is 1030. The average molecular weight is 342 g/mol. The van der Waals surface area contributed by atoms with E-state index in [1.807, 2.05) is 25.1 Å². The van der Waals surface area contributed by atoms with E-state index in [1.165, 1.54) is 29.4 Å². The maximum Gasteiger partial charge on any atom is 0.338 e. The van der Waals surface area contributed by atoms with Gasteiger partial charge in [-0.05, 0) is 51.9 Å². The van der Waals surface area contributed by atoms with E-state index in [9.17, 15) is 4.79 Å². The number of rotatable bonds is 2. The topological polar surface area (TPSA) is 26.3 Å². The molecule has 2 nitrogen and oxygen atoms in total. The summed E-state index contributed by atoms with van der Waals surface area (Å²) in [6.45, 7) is 6.47. The molecule has 0 bridgehead atoms. The molecule has 26 heavy (non-hydrogen) atoms. The van der Waals surface area contributed by atoms with Crippen LogP contribution in [-0.4, -0.2) is 13.1 Å². The molecule has 0 saturated carbocycles. The number of methoxy groups -OCH3 is 1. The molecule has 0 N–H and O–H groups in total. The fourth-order valence-corrected chi connectivity index (χ4v) is 4.15. The van der Waals surface area contributed by atoms with E-state index in [2.05, 4.69) is 56.3 Å². The minimum atomic E-state index is -0.291. The van der Waals surface area contributed by atoms with Gasteiger partial charge in [-0.15, -0.1) is 0 Å². The third kappa shape index (κ3) is 2.29. The summed E-state index contributed by atoms with van der Waals surface area (Å²) in [5.74, 6) is -0.291. The lowest BCUT2D eigenvalue weighted by molar-refractivity contribution is 0.0601. The Morgan fingerprint density at radius 1 is 0.846 bits per heavy atom. The third-order valence-electron chi connectivity index (χ3n) is 5.56. The first kappa shape index (κ1) is 16.6. The van der Waals surface area contributed by atoms with E-state index in [-0.39, 0.29) is 11.4 Å². The van der Waals surface area contributed by atoms with Crippen molar-refractivity contribution in [2.24, 2.45) is 0 Å². The van der Waals surface area contributed by atoms with E-state index in [4.69, 9.17) is 4.74 Å². The fourth-order valence-electron chi connectivity index (χ4n) is 4.15. The zero-order valence-corrected chi connectivity index (χ0v) is 15.6. The molecule has 0 saturated heterocycles. The van der Waals surface area contributed by atoms with Crippen molar-refractivity contribution < 1.29 is 9.53 Å². The first-order chi connectivity index (χ1) is 12.4. The van der Waals surface area contributed by atoms with Crippen LogP contribution in [0.15, 0.2) is 60.7 Å². The van der Waals surface area contributed by atoms with Crippen molar-refractivity contribution in [2.75, 3.05) is 7.11 Å². The third-order valence-corrected chi connectivity index (χ3v) is 5.56. The maximum absolute atomic E-state index is 12.3. The second kappa shape index (κ2) is 5.84. The van der Waals surface area contributed by atoms with Crippen molar-refractivity contribution in [3.8, 4) is 22.3 Å². The normalized spacial score (nSPS) is 13.8. The minimum absolute atomic E-state index is 0.0583. The quantitative estimate of drug-likeness (QED) is 0.554. The predicted octanol–water partition coefficient (Wildman–Crippen LogP) is 5.75. The molecular weight excluding hydrogens is 320 g/mol. The van der Waals surface area contributed by atoms with Gasteiger partial charge in [-0.25, -0.2) is 4.79 Å². The van der Waals surface area contributed by atoms with Crippen LogP contribution in [0.5, 0.6) is 0 Å². The summed E-state index contributed by atoms with van der Waals surface area (Å²) in [5.41, 5.74) is 8.72.